The van der Waals surface area contributed by atoms with E-state index in [-0.39, 0.29) is 18.7 Å². The highest BCUT2D eigenvalue weighted by Gasteiger charge is 2.20. The second kappa shape index (κ2) is 5.90. The maximum absolute atomic E-state index is 12.9. The Balaban J connectivity index is 2.90. The van der Waals surface area contributed by atoms with Crippen LogP contribution in [0.4, 0.5) is 10.1 Å². The zero-order valence-electron chi connectivity index (χ0n) is 9.10. The normalized spacial score (nSPS) is 10.0. The van der Waals surface area contributed by atoms with Gasteiger partial charge < -0.3 is 10.1 Å². The van der Waals surface area contributed by atoms with Crippen LogP contribution in [-0.2, 0) is 4.74 Å². The molecule has 92 valence electrons. The number of benzene rings is 1. The van der Waals surface area contributed by atoms with Gasteiger partial charge in [-0.2, -0.15) is 0 Å². The van der Waals surface area contributed by atoms with Gasteiger partial charge in [0.05, 0.1) is 11.5 Å². The Morgan fingerprint density at radius 1 is 1.59 bits per heavy atom. The monoisotopic (exact) mass is 242 g/mol. The number of carbonyl (C=O) groups is 1. The molecule has 0 aromatic heterocycles. The van der Waals surface area contributed by atoms with E-state index in [1.807, 2.05) is 0 Å². The molecule has 1 rings (SSSR count). The highest BCUT2D eigenvalue weighted by atomic mass is 19.1. The molecule has 0 aliphatic rings. The molecular weight excluding hydrogens is 231 g/mol. The first-order chi connectivity index (χ1) is 8.06. The summed E-state index contributed by atoms with van der Waals surface area (Å²) in [6.45, 7) is 0.470. The zero-order chi connectivity index (χ0) is 12.8. The standard InChI is InChI=1S/C10H11FN2O4/c1-17-5-4-12-10(14)8-6-7(11)2-3-9(8)13(15)16/h2-3,6H,4-5H2,1H3,(H,12,14). The first-order valence-electron chi connectivity index (χ1n) is 4.77. The highest BCUT2D eigenvalue weighted by Crippen LogP contribution is 2.19. The number of rotatable bonds is 5. The van der Waals surface area contributed by atoms with Gasteiger partial charge in [-0.15, -0.1) is 0 Å². The number of hydrogen-bond acceptors (Lipinski definition) is 4. The predicted molar refractivity (Wildman–Crippen MR) is 57.3 cm³/mol. The van der Waals surface area contributed by atoms with Gasteiger partial charge in [-0.1, -0.05) is 0 Å². The average Bonchev–Trinajstić information content (AvgIpc) is 2.28. The van der Waals surface area contributed by atoms with Gasteiger partial charge >= 0.3 is 0 Å². The largest absolute Gasteiger partial charge is 0.383 e. The number of nitrogens with zero attached hydrogens (tertiary/aromatic N) is 1. The molecule has 0 atom stereocenters. The maximum atomic E-state index is 12.9. The Kier molecular flexibility index (Phi) is 4.53. The molecule has 17 heavy (non-hydrogen) atoms. The summed E-state index contributed by atoms with van der Waals surface area (Å²) in [5, 5.41) is 13.0. The fourth-order valence-corrected chi connectivity index (χ4v) is 1.21. The van der Waals surface area contributed by atoms with Gasteiger partial charge in [0.15, 0.2) is 0 Å². The Hall–Kier alpha value is -2.02. The van der Waals surface area contributed by atoms with Crippen LogP contribution in [0.15, 0.2) is 18.2 Å². The molecule has 0 radical (unpaired) electrons. The lowest BCUT2D eigenvalue weighted by Gasteiger charge is -2.05. The molecule has 1 amide bonds. The third kappa shape index (κ3) is 3.49. The van der Waals surface area contributed by atoms with Crippen LogP contribution in [0.5, 0.6) is 0 Å². The second-order valence-electron chi connectivity index (χ2n) is 3.17. The van der Waals surface area contributed by atoms with E-state index in [1.54, 1.807) is 0 Å². The van der Waals surface area contributed by atoms with Crippen molar-refractivity contribution in [3.63, 3.8) is 0 Å². The predicted octanol–water partition coefficient (Wildman–Crippen LogP) is 1.11. The molecule has 0 bridgehead atoms. The van der Waals surface area contributed by atoms with Gasteiger partial charge in [0, 0.05) is 19.7 Å². The minimum Gasteiger partial charge on any atom is -0.383 e. The van der Waals surface area contributed by atoms with Crippen molar-refractivity contribution in [2.45, 2.75) is 0 Å². The quantitative estimate of drug-likeness (QED) is 0.476. The van der Waals surface area contributed by atoms with Crippen molar-refractivity contribution < 1.29 is 18.8 Å². The number of amides is 1. The summed E-state index contributed by atoms with van der Waals surface area (Å²) >= 11 is 0. The number of nitro groups is 1. The molecule has 0 saturated carbocycles. The fourth-order valence-electron chi connectivity index (χ4n) is 1.21. The fraction of sp³-hybridized carbons (Fsp3) is 0.300. The molecule has 1 aromatic rings. The molecule has 0 fully saturated rings. The lowest BCUT2D eigenvalue weighted by molar-refractivity contribution is -0.385. The van der Waals surface area contributed by atoms with Crippen LogP contribution in [0, 0.1) is 15.9 Å². The van der Waals surface area contributed by atoms with Crippen LogP contribution in [0.3, 0.4) is 0 Å². The molecule has 1 N–H and O–H groups in total. The van der Waals surface area contributed by atoms with E-state index in [0.29, 0.717) is 0 Å². The molecular formula is C10H11FN2O4. The van der Waals surface area contributed by atoms with Gasteiger partial charge in [0.1, 0.15) is 11.4 Å². The maximum Gasteiger partial charge on any atom is 0.282 e. The molecule has 0 aliphatic carbocycles. The summed E-state index contributed by atoms with van der Waals surface area (Å²) in [6.07, 6.45) is 0. The summed E-state index contributed by atoms with van der Waals surface area (Å²) in [6, 6.07) is 2.73. The first kappa shape index (κ1) is 13.0. The van der Waals surface area contributed by atoms with E-state index in [1.165, 1.54) is 7.11 Å². The number of nitro benzene ring substituents is 1. The summed E-state index contributed by atoms with van der Waals surface area (Å²) in [7, 11) is 1.46. The third-order valence-electron chi connectivity index (χ3n) is 1.99. The minimum atomic E-state index is -0.731. The van der Waals surface area contributed by atoms with E-state index in [9.17, 15) is 19.3 Å². The minimum absolute atomic E-state index is 0.197. The van der Waals surface area contributed by atoms with E-state index in [0.717, 1.165) is 18.2 Å². The van der Waals surface area contributed by atoms with Gasteiger partial charge in [-0.3, -0.25) is 14.9 Å². The highest BCUT2D eigenvalue weighted by molar-refractivity contribution is 5.98. The summed E-state index contributed by atoms with van der Waals surface area (Å²) in [5.74, 6) is -1.40. The van der Waals surface area contributed by atoms with Crippen molar-refractivity contribution in [2.24, 2.45) is 0 Å². The second-order valence-corrected chi connectivity index (χ2v) is 3.17. The van der Waals surface area contributed by atoms with Gasteiger partial charge in [-0.05, 0) is 12.1 Å². The summed E-state index contributed by atoms with van der Waals surface area (Å²) < 4.78 is 17.6. The lowest BCUT2D eigenvalue weighted by Crippen LogP contribution is -2.27. The average molecular weight is 242 g/mol. The molecule has 0 spiro atoms. The van der Waals surface area contributed by atoms with E-state index >= 15 is 0 Å². The van der Waals surface area contributed by atoms with Crippen molar-refractivity contribution in [2.75, 3.05) is 20.3 Å². The number of ether oxygens (including phenoxy) is 1. The van der Waals surface area contributed by atoms with Crippen molar-refractivity contribution in [3.8, 4) is 0 Å². The van der Waals surface area contributed by atoms with Crippen molar-refractivity contribution in [3.05, 3.63) is 39.7 Å². The van der Waals surface area contributed by atoms with E-state index < -0.39 is 22.3 Å². The number of methoxy groups -OCH3 is 1. The smallest absolute Gasteiger partial charge is 0.282 e. The Labute approximate surface area is 96.5 Å². The zero-order valence-corrected chi connectivity index (χ0v) is 9.10. The van der Waals surface area contributed by atoms with Crippen LogP contribution >= 0.6 is 0 Å². The van der Waals surface area contributed by atoms with Crippen molar-refractivity contribution >= 4 is 11.6 Å². The van der Waals surface area contributed by atoms with Gasteiger partial charge in [0.25, 0.3) is 11.6 Å². The molecule has 6 nitrogen and oxygen atoms in total. The Morgan fingerprint density at radius 2 is 2.29 bits per heavy atom. The molecule has 0 heterocycles. The summed E-state index contributed by atoms with van der Waals surface area (Å²) in [4.78, 5) is 21.5. The van der Waals surface area contributed by atoms with Crippen molar-refractivity contribution in [1.29, 1.82) is 0 Å². The van der Waals surface area contributed by atoms with E-state index in [4.69, 9.17) is 4.74 Å². The van der Waals surface area contributed by atoms with Crippen LogP contribution in [0.2, 0.25) is 0 Å². The van der Waals surface area contributed by atoms with Crippen LogP contribution < -0.4 is 5.32 Å². The van der Waals surface area contributed by atoms with Gasteiger partial charge in [-0.25, -0.2) is 4.39 Å². The van der Waals surface area contributed by atoms with Crippen LogP contribution in [0.1, 0.15) is 10.4 Å². The first-order valence-corrected chi connectivity index (χ1v) is 4.77. The number of hydrogen-bond donors (Lipinski definition) is 1. The lowest BCUT2D eigenvalue weighted by atomic mass is 10.1. The Morgan fingerprint density at radius 3 is 2.88 bits per heavy atom. The Bertz CT molecular complexity index is 436. The van der Waals surface area contributed by atoms with Crippen molar-refractivity contribution in [1.82, 2.24) is 5.32 Å². The van der Waals surface area contributed by atoms with E-state index in [2.05, 4.69) is 5.32 Å². The third-order valence-corrected chi connectivity index (χ3v) is 1.99. The number of carbonyl (C=O) groups excluding carboxylic acids is 1. The molecule has 7 heteroatoms. The number of nitrogens with one attached hydrogen (secondary N) is 1. The summed E-state index contributed by atoms with van der Waals surface area (Å²) in [5.41, 5.74) is -0.729. The van der Waals surface area contributed by atoms with Crippen LogP contribution in [-0.4, -0.2) is 31.1 Å². The molecule has 0 saturated heterocycles. The molecule has 0 aliphatic heterocycles. The molecule has 0 unspecified atom stereocenters. The van der Waals surface area contributed by atoms with Gasteiger partial charge in [0.2, 0.25) is 0 Å². The topological polar surface area (TPSA) is 81.5 Å². The van der Waals surface area contributed by atoms with Crippen LogP contribution in [0.25, 0.3) is 0 Å². The SMILES string of the molecule is COCCNC(=O)c1cc(F)ccc1[N+](=O)[O-]. The molecule has 1 aromatic carbocycles. The number of halogens is 1.